The Hall–Kier alpha value is -1.53. The number of methoxy groups -OCH3 is 1. The van der Waals surface area contributed by atoms with Crippen molar-refractivity contribution in [3.05, 3.63) is 30.3 Å². The van der Waals surface area contributed by atoms with Gasteiger partial charge in [0.25, 0.3) is 10.0 Å². The summed E-state index contributed by atoms with van der Waals surface area (Å²) in [4.78, 5) is 2.35. The Morgan fingerprint density at radius 1 is 1.40 bits per heavy atom. The van der Waals surface area contributed by atoms with E-state index in [0.717, 1.165) is 0 Å². The minimum Gasteiger partial charge on any atom is -0.497 e. The molecule has 0 aromatic heterocycles. The van der Waals surface area contributed by atoms with Gasteiger partial charge in [-0.3, -0.25) is 0 Å². The first-order chi connectivity index (χ1) is 7.04. The summed E-state index contributed by atoms with van der Waals surface area (Å²) >= 11 is 0. The number of nitrogens with one attached hydrogen (secondary N) is 2. The molecule has 0 saturated carbocycles. The quantitative estimate of drug-likeness (QED) is 0.730. The molecular formula is C9H10N2O3S. The van der Waals surface area contributed by atoms with Gasteiger partial charge in [0.05, 0.1) is 17.7 Å². The number of rotatable bonds is 1. The van der Waals surface area contributed by atoms with Crippen LogP contribution in [0, 0.1) is 0 Å². The first-order valence-corrected chi connectivity index (χ1v) is 5.68. The van der Waals surface area contributed by atoms with Gasteiger partial charge >= 0.3 is 0 Å². The first kappa shape index (κ1) is 10.0. The summed E-state index contributed by atoms with van der Waals surface area (Å²) in [6.45, 7) is 3.70. The van der Waals surface area contributed by atoms with Crippen molar-refractivity contribution in [1.29, 1.82) is 0 Å². The highest BCUT2D eigenvalue weighted by molar-refractivity contribution is 7.89. The van der Waals surface area contributed by atoms with Gasteiger partial charge in [0.15, 0.2) is 0 Å². The highest BCUT2D eigenvalue weighted by Gasteiger charge is 2.25. The Kier molecular flexibility index (Phi) is 2.17. The first-order valence-electron chi connectivity index (χ1n) is 4.20. The van der Waals surface area contributed by atoms with Crippen LogP contribution in [0.3, 0.4) is 0 Å². The average molecular weight is 226 g/mol. The smallest absolute Gasteiger partial charge is 0.258 e. The second-order valence-electron chi connectivity index (χ2n) is 3.07. The highest BCUT2D eigenvalue weighted by atomic mass is 32.2. The van der Waals surface area contributed by atoms with Crippen LogP contribution in [0.4, 0.5) is 0 Å². The second-order valence-corrected chi connectivity index (χ2v) is 4.72. The summed E-state index contributed by atoms with van der Waals surface area (Å²) in [5, 5.41) is 0. The zero-order chi connectivity index (χ0) is 11.1. The van der Waals surface area contributed by atoms with Crippen molar-refractivity contribution in [2.75, 3.05) is 7.11 Å². The number of hydrazine groups is 1. The molecule has 0 aliphatic carbocycles. The maximum atomic E-state index is 11.6. The van der Waals surface area contributed by atoms with Gasteiger partial charge in [0, 0.05) is 11.6 Å². The predicted octanol–water partition coefficient (Wildman–Crippen LogP) is 0.462. The summed E-state index contributed by atoms with van der Waals surface area (Å²) in [7, 11) is -2.03. The van der Waals surface area contributed by atoms with Crippen molar-refractivity contribution >= 4 is 15.7 Å². The van der Waals surface area contributed by atoms with Gasteiger partial charge in [-0.05, 0) is 12.1 Å². The molecule has 0 radical (unpaired) electrons. The summed E-state index contributed by atoms with van der Waals surface area (Å²) in [5.41, 5.74) is 3.56. The lowest BCUT2D eigenvalue weighted by atomic mass is 10.1. The number of ether oxygens (including phenoxy) is 1. The Bertz CT molecular complexity index is 522. The van der Waals surface area contributed by atoms with Crippen molar-refractivity contribution in [3.8, 4) is 5.75 Å². The molecule has 0 bridgehead atoms. The van der Waals surface area contributed by atoms with Gasteiger partial charge in [-0.25, -0.2) is 8.42 Å². The van der Waals surface area contributed by atoms with Crippen LogP contribution in [0.25, 0.3) is 5.70 Å². The molecule has 0 spiro atoms. The molecule has 2 N–H and O–H groups in total. The second kappa shape index (κ2) is 3.25. The summed E-state index contributed by atoms with van der Waals surface area (Å²) < 4.78 is 28.2. The van der Waals surface area contributed by atoms with E-state index in [0.29, 0.717) is 17.0 Å². The molecule has 15 heavy (non-hydrogen) atoms. The van der Waals surface area contributed by atoms with E-state index in [9.17, 15) is 8.42 Å². The van der Waals surface area contributed by atoms with Crippen molar-refractivity contribution in [2.45, 2.75) is 4.90 Å². The van der Waals surface area contributed by atoms with E-state index in [2.05, 4.69) is 16.8 Å². The molecule has 1 heterocycles. The molecule has 0 fully saturated rings. The van der Waals surface area contributed by atoms with Crippen molar-refractivity contribution in [1.82, 2.24) is 10.3 Å². The van der Waals surface area contributed by atoms with Gasteiger partial charge in [-0.2, -0.15) is 0 Å². The summed E-state index contributed by atoms with van der Waals surface area (Å²) in [5.74, 6) is 0.494. The molecule has 1 aromatic carbocycles. The minimum absolute atomic E-state index is 0.172. The minimum atomic E-state index is -3.51. The van der Waals surface area contributed by atoms with E-state index >= 15 is 0 Å². The zero-order valence-electron chi connectivity index (χ0n) is 8.07. The van der Waals surface area contributed by atoms with Crippen LogP contribution in [0.1, 0.15) is 5.56 Å². The molecule has 1 aliphatic rings. The standard InChI is InChI=1S/C9H10N2O3S/c1-6-8-4-3-7(14-2)5-9(8)15(12,13)11-10-6/h3-5,10-11H,1H2,2H3. The fourth-order valence-corrected chi connectivity index (χ4v) is 2.47. The van der Waals surface area contributed by atoms with E-state index in [1.807, 2.05) is 0 Å². The number of fused-ring (bicyclic) bond motifs is 1. The van der Waals surface area contributed by atoms with Gasteiger partial charge in [0.2, 0.25) is 0 Å². The molecule has 0 saturated heterocycles. The van der Waals surface area contributed by atoms with Crippen LogP contribution in [-0.2, 0) is 10.0 Å². The van der Waals surface area contributed by atoms with Crippen LogP contribution in [0.5, 0.6) is 5.75 Å². The molecule has 0 atom stereocenters. The number of hydrogen-bond donors (Lipinski definition) is 2. The van der Waals surface area contributed by atoms with Gasteiger partial charge < -0.3 is 10.2 Å². The van der Waals surface area contributed by atoms with E-state index in [1.165, 1.54) is 13.2 Å². The highest BCUT2D eigenvalue weighted by Crippen LogP contribution is 2.27. The Balaban J connectivity index is 2.69. The van der Waals surface area contributed by atoms with Crippen molar-refractivity contribution in [3.63, 3.8) is 0 Å². The molecule has 0 unspecified atom stereocenters. The fraction of sp³-hybridized carbons (Fsp3) is 0.111. The SMILES string of the molecule is C=C1NNS(=O)(=O)c2cc(OC)ccc21. The fourth-order valence-electron chi connectivity index (χ4n) is 1.35. The van der Waals surface area contributed by atoms with Crippen LogP contribution in [-0.4, -0.2) is 15.5 Å². The molecule has 1 aliphatic heterocycles. The molecule has 6 heteroatoms. The average Bonchev–Trinajstić information content (AvgIpc) is 2.24. The molecular weight excluding hydrogens is 216 g/mol. The van der Waals surface area contributed by atoms with E-state index in [-0.39, 0.29) is 4.90 Å². The lowest BCUT2D eigenvalue weighted by molar-refractivity contribution is 0.413. The van der Waals surface area contributed by atoms with Gasteiger partial charge in [-0.15, -0.1) is 4.83 Å². The zero-order valence-corrected chi connectivity index (χ0v) is 8.89. The van der Waals surface area contributed by atoms with Crippen LogP contribution < -0.4 is 15.0 Å². The Labute approximate surface area is 87.8 Å². The van der Waals surface area contributed by atoms with E-state index in [1.54, 1.807) is 12.1 Å². The van der Waals surface area contributed by atoms with E-state index in [4.69, 9.17) is 4.74 Å². The summed E-state index contributed by atoms with van der Waals surface area (Å²) in [6.07, 6.45) is 0. The van der Waals surface area contributed by atoms with Crippen LogP contribution in [0.2, 0.25) is 0 Å². The number of sulfonamides is 1. The maximum Gasteiger partial charge on any atom is 0.258 e. The lowest BCUT2D eigenvalue weighted by Crippen LogP contribution is -2.40. The largest absolute Gasteiger partial charge is 0.497 e. The Morgan fingerprint density at radius 3 is 2.80 bits per heavy atom. The predicted molar refractivity (Wildman–Crippen MR) is 55.5 cm³/mol. The molecule has 5 nitrogen and oxygen atoms in total. The molecule has 0 amide bonds. The van der Waals surface area contributed by atoms with Crippen molar-refractivity contribution < 1.29 is 13.2 Å². The van der Waals surface area contributed by atoms with Gasteiger partial charge in [-0.1, -0.05) is 6.58 Å². The summed E-state index contributed by atoms with van der Waals surface area (Å²) in [6, 6.07) is 4.80. The van der Waals surface area contributed by atoms with E-state index < -0.39 is 10.0 Å². The molecule has 1 aromatic rings. The lowest BCUT2D eigenvalue weighted by Gasteiger charge is -2.21. The van der Waals surface area contributed by atoms with Crippen LogP contribution >= 0.6 is 0 Å². The van der Waals surface area contributed by atoms with Gasteiger partial charge in [0.1, 0.15) is 5.75 Å². The topological polar surface area (TPSA) is 67.4 Å². The Morgan fingerprint density at radius 2 is 2.13 bits per heavy atom. The third kappa shape index (κ3) is 1.57. The van der Waals surface area contributed by atoms with Crippen LogP contribution in [0.15, 0.2) is 29.7 Å². The molecule has 2 rings (SSSR count). The van der Waals surface area contributed by atoms with Crippen molar-refractivity contribution in [2.24, 2.45) is 0 Å². The maximum absolute atomic E-state index is 11.6. The number of hydrogen-bond acceptors (Lipinski definition) is 4. The molecule has 80 valence electrons. The third-order valence-corrected chi connectivity index (χ3v) is 3.43. The third-order valence-electron chi connectivity index (χ3n) is 2.14. The normalized spacial score (nSPS) is 17.8. The number of benzene rings is 1. The monoisotopic (exact) mass is 226 g/mol.